The van der Waals surface area contributed by atoms with Gasteiger partial charge in [-0.05, 0) is 31.4 Å². The van der Waals surface area contributed by atoms with E-state index in [2.05, 4.69) is 27.7 Å². The third kappa shape index (κ3) is 3.79. The Morgan fingerprint density at radius 1 is 1.24 bits per heavy atom. The van der Waals surface area contributed by atoms with E-state index < -0.39 is 5.91 Å². The van der Waals surface area contributed by atoms with Crippen LogP contribution in [0, 0.1) is 0 Å². The lowest BCUT2D eigenvalue weighted by atomic mass is 10.0. The first-order chi connectivity index (χ1) is 14.0. The van der Waals surface area contributed by atoms with Crippen LogP contribution in [0.5, 0.6) is 0 Å². The number of rotatable bonds is 4. The molecule has 3 heterocycles. The van der Waals surface area contributed by atoms with Crippen molar-refractivity contribution in [1.29, 1.82) is 0 Å². The van der Waals surface area contributed by atoms with Crippen molar-refractivity contribution < 1.29 is 9.59 Å². The summed E-state index contributed by atoms with van der Waals surface area (Å²) in [6.07, 6.45) is 2.18. The van der Waals surface area contributed by atoms with Gasteiger partial charge in [-0.3, -0.25) is 19.8 Å². The van der Waals surface area contributed by atoms with Gasteiger partial charge in [-0.2, -0.15) is 0 Å². The summed E-state index contributed by atoms with van der Waals surface area (Å²) in [4.78, 5) is 45.8. The molecule has 1 fully saturated rings. The Kier molecular flexibility index (Phi) is 5.16. The van der Waals surface area contributed by atoms with E-state index in [1.54, 1.807) is 29.2 Å². The number of amides is 2. The molecule has 152 valence electrons. The number of fused-ring (bicyclic) bond motifs is 1. The average Bonchev–Trinajstić information content (AvgIpc) is 3.22. The van der Waals surface area contributed by atoms with E-state index in [0.717, 1.165) is 12.8 Å². The minimum atomic E-state index is -0.516. The number of nitrogens with one attached hydrogen (secondary N) is 3. The van der Waals surface area contributed by atoms with Crippen molar-refractivity contribution in [3.8, 4) is 11.4 Å². The van der Waals surface area contributed by atoms with E-state index >= 15 is 0 Å². The molecule has 0 spiro atoms. The highest BCUT2D eigenvalue weighted by Gasteiger charge is 2.33. The van der Waals surface area contributed by atoms with Crippen LogP contribution in [-0.2, 0) is 17.8 Å². The average molecular weight is 396 g/mol. The van der Waals surface area contributed by atoms with Gasteiger partial charge in [0.2, 0.25) is 11.8 Å². The highest BCUT2D eigenvalue weighted by molar-refractivity contribution is 5.93. The number of hydrogen-bond donors (Lipinski definition) is 4. The van der Waals surface area contributed by atoms with E-state index in [-0.39, 0.29) is 23.6 Å². The van der Waals surface area contributed by atoms with Crippen molar-refractivity contribution in [3.05, 3.63) is 51.4 Å². The number of carbonyl (C=O) groups is 2. The highest BCUT2D eigenvalue weighted by atomic mass is 16.2. The molecule has 1 aromatic carbocycles. The number of nitrogens with zero attached hydrogens (tertiary/aromatic N) is 2. The van der Waals surface area contributed by atoms with E-state index in [0.29, 0.717) is 47.7 Å². The number of nitrogens with two attached hydrogens (primary N) is 1. The fraction of sp³-hybridized carbons (Fsp3) is 0.400. The SMILES string of the molecule is CCC1CC(C(=O)N2CCc3c(nc(-c4ccc(C(N)=O)cc4)[nH]c3=O)C2)NN1. The maximum atomic E-state index is 12.9. The van der Waals surface area contributed by atoms with Crippen LogP contribution in [0.3, 0.4) is 0 Å². The van der Waals surface area contributed by atoms with Crippen LogP contribution in [0.2, 0.25) is 0 Å². The molecule has 5 N–H and O–H groups in total. The Labute approximate surface area is 167 Å². The molecule has 2 aromatic rings. The predicted molar refractivity (Wildman–Crippen MR) is 107 cm³/mol. The number of benzene rings is 1. The van der Waals surface area contributed by atoms with Crippen LogP contribution in [-0.4, -0.2) is 45.3 Å². The molecule has 0 aliphatic carbocycles. The second kappa shape index (κ2) is 7.76. The van der Waals surface area contributed by atoms with Gasteiger partial charge in [-0.1, -0.05) is 19.1 Å². The molecule has 2 aliphatic rings. The van der Waals surface area contributed by atoms with E-state index in [9.17, 15) is 14.4 Å². The van der Waals surface area contributed by atoms with Crippen molar-refractivity contribution in [2.45, 2.75) is 44.8 Å². The largest absolute Gasteiger partial charge is 0.366 e. The Hall–Kier alpha value is -3.04. The highest BCUT2D eigenvalue weighted by Crippen LogP contribution is 2.21. The number of aromatic amines is 1. The third-order valence-corrected chi connectivity index (χ3v) is 5.60. The Bertz CT molecular complexity index is 1000. The van der Waals surface area contributed by atoms with Crippen LogP contribution in [0.1, 0.15) is 41.4 Å². The van der Waals surface area contributed by atoms with Crippen molar-refractivity contribution in [1.82, 2.24) is 25.7 Å². The van der Waals surface area contributed by atoms with Crippen molar-refractivity contribution in [2.75, 3.05) is 6.54 Å². The summed E-state index contributed by atoms with van der Waals surface area (Å²) in [5.41, 5.74) is 13.6. The van der Waals surface area contributed by atoms with Gasteiger partial charge in [0.15, 0.2) is 0 Å². The molecule has 9 heteroatoms. The molecule has 0 bridgehead atoms. The second-order valence-electron chi connectivity index (χ2n) is 7.47. The fourth-order valence-corrected chi connectivity index (χ4v) is 3.83. The van der Waals surface area contributed by atoms with Crippen molar-refractivity contribution >= 4 is 11.8 Å². The maximum absolute atomic E-state index is 12.9. The Balaban J connectivity index is 1.57. The molecule has 4 rings (SSSR count). The van der Waals surface area contributed by atoms with Crippen molar-refractivity contribution in [2.24, 2.45) is 5.73 Å². The summed E-state index contributed by atoms with van der Waals surface area (Å²) in [6, 6.07) is 6.60. The summed E-state index contributed by atoms with van der Waals surface area (Å²) < 4.78 is 0. The standard InChI is InChI=1S/C20H24N6O3/c1-2-13-9-15(25-24-13)20(29)26-8-7-14-16(10-26)22-18(23-19(14)28)12-5-3-11(4-6-12)17(21)27/h3-6,13,15,24-25H,2,7-10H2,1H3,(H2,21,27)(H,22,23,28). The predicted octanol–water partition coefficient (Wildman–Crippen LogP) is 0.0656. The maximum Gasteiger partial charge on any atom is 0.254 e. The number of carbonyl (C=O) groups excluding carboxylic acids is 2. The quantitative estimate of drug-likeness (QED) is 0.578. The zero-order chi connectivity index (χ0) is 20.5. The molecule has 2 atom stereocenters. The van der Waals surface area contributed by atoms with Crippen LogP contribution >= 0.6 is 0 Å². The van der Waals surface area contributed by atoms with Crippen LogP contribution in [0.4, 0.5) is 0 Å². The summed E-state index contributed by atoms with van der Waals surface area (Å²) in [6.45, 7) is 2.88. The van der Waals surface area contributed by atoms with Gasteiger partial charge in [-0.25, -0.2) is 10.4 Å². The monoisotopic (exact) mass is 396 g/mol. The Morgan fingerprint density at radius 3 is 2.66 bits per heavy atom. The van der Waals surface area contributed by atoms with Crippen LogP contribution < -0.4 is 22.1 Å². The summed E-state index contributed by atoms with van der Waals surface area (Å²) in [5, 5.41) is 0. The fourth-order valence-electron chi connectivity index (χ4n) is 3.83. The molecule has 2 unspecified atom stereocenters. The normalized spacial score (nSPS) is 21.1. The summed E-state index contributed by atoms with van der Waals surface area (Å²) >= 11 is 0. The summed E-state index contributed by atoms with van der Waals surface area (Å²) in [5.74, 6) is -0.0859. The topological polar surface area (TPSA) is 133 Å². The molecular weight excluding hydrogens is 372 g/mol. The smallest absolute Gasteiger partial charge is 0.254 e. The van der Waals surface area contributed by atoms with Crippen LogP contribution in [0.15, 0.2) is 29.1 Å². The lowest BCUT2D eigenvalue weighted by molar-refractivity contribution is -0.134. The van der Waals surface area contributed by atoms with Gasteiger partial charge in [0, 0.05) is 29.3 Å². The van der Waals surface area contributed by atoms with Gasteiger partial charge in [0.25, 0.3) is 5.56 Å². The van der Waals surface area contributed by atoms with E-state index in [1.807, 2.05) is 0 Å². The second-order valence-corrected chi connectivity index (χ2v) is 7.47. The Morgan fingerprint density at radius 2 is 2.00 bits per heavy atom. The molecular formula is C20H24N6O3. The van der Waals surface area contributed by atoms with Gasteiger partial charge in [0.1, 0.15) is 11.9 Å². The number of primary amides is 1. The molecule has 2 amide bonds. The lowest BCUT2D eigenvalue weighted by Gasteiger charge is -2.29. The molecule has 2 aliphatic heterocycles. The van der Waals surface area contributed by atoms with Gasteiger partial charge < -0.3 is 15.6 Å². The zero-order valence-electron chi connectivity index (χ0n) is 16.2. The van der Waals surface area contributed by atoms with Crippen molar-refractivity contribution in [3.63, 3.8) is 0 Å². The molecule has 1 aromatic heterocycles. The lowest BCUT2D eigenvalue weighted by Crippen LogP contribution is -2.48. The molecule has 0 saturated carbocycles. The van der Waals surface area contributed by atoms with Gasteiger partial charge in [-0.15, -0.1) is 0 Å². The van der Waals surface area contributed by atoms with E-state index in [1.165, 1.54) is 0 Å². The van der Waals surface area contributed by atoms with Gasteiger partial charge >= 0.3 is 0 Å². The zero-order valence-corrected chi connectivity index (χ0v) is 16.2. The molecule has 9 nitrogen and oxygen atoms in total. The first-order valence-corrected chi connectivity index (χ1v) is 9.78. The third-order valence-electron chi connectivity index (χ3n) is 5.60. The first-order valence-electron chi connectivity index (χ1n) is 9.78. The first kappa shape index (κ1) is 19.3. The molecule has 1 saturated heterocycles. The number of H-pyrrole nitrogens is 1. The number of hydrogen-bond acceptors (Lipinski definition) is 6. The van der Waals surface area contributed by atoms with Crippen LogP contribution in [0.25, 0.3) is 11.4 Å². The number of hydrazine groups is 1. The molecule has 29 heavy (non-hydrogen) atoms. The minimum Gasteiger partial charge on any atom is -0.366 e. The summed E-state index contributed by atoms with van der Waals surface area (Å²) in [7, 11) is 0. The van der Waals surface area contributed by atoms with E-state index in [4.69, 9.17) is 5.73 Å². The van der Waals surface area contributed by atoms with Gasteiger partial charge in [0.05, 0.1) is 12.2 Å². The number of aromatic nitrogens is 2. The minimum absolute atomic E-state index is 0.0218. The molecule has 0 radical (unpaired) electrons.